The number of ether oxygens (including phenoxy) is 1. The Morgan fingerprint density at radius 2 is 2.03 bits per heavy atom. The molecule has 0 bridgehead atoms. The van der Waals surface area contributed by atoms with Crippen LogP contribution in [0.4, 0.5) is 23.3 Å². The first-order valence-corrected chi connectivity index (χ1v) is 10.8. The molecule has 33 heavy (non-hydrogen) atoms. The van der Waals surface area contributed by atoms with Crippen LogP contribution in [0.1, 0.15) is 25.5 Å². The summed E-state index contributed by atoms with van der Waals surface area (Å²) in [6.45, 7) is 4.53. The largest absolute Gasteiger partial charge is 0.490 e. The van der Waals surface area contributed by atoms with Crippen LogP contribution in [0, 0.1) is 6.92 Å². The molecule has 11 nitrogen and oxygen atoms in total. The van der Waals surface area contributed by atoms with E-state index >= 15 is 0 Å². The fraction of sp³-hybridized carbons (Fsp3) is 0.318. The van der Waals surface area contributed by atoms with Crippen molar-refractivity contribution in [1.29, 1.82) is 0 Å². The zero-order chi connectivity index (χ0) is 22.9. The third-order valence-electron chi connectivity index (χ3n) is 5.21. The summed E-state index contributed by atoms with van der Waals surface area (Å²) in [6.07, 6.45) is 4.12. The average molecular weight is 448 g/mol. The van der Waals surface area contributed by atoms with Gasteiger partial charge in [0, 0.05) is 18.3 Å². The van der Waals surface area contributed by atoms with E-state index in [2.05, 4.69) is 30.7 Å². The number of hydrogen-bond donors (Lipinski definition) is 3. The molecule has 1 amide bonds. The van der Waals surface area contributed by atoms with Gasteiger partial charge in [0.05, 0.1) is 18.1 Å². The number of hydrogen-bond acceptors (Lipinski definition) is 8. The zero-order valence-electron chi connectivity index (χ0n) is 18.4. The third-order valence-corrected chi connectivity index (χ3v) is 5.21. The summed E-state index contributed by atoms with van der Waals surface area (Å²) in [5, 5.41) is 10.5. The molecule has 5 rings (SSSR count). The third kappa shape index (κ3) is 4.56. The topological polar surface area (TPSA) is 138 Å². The zero-order valence-corrected chi connectivity index (χ0v) is 18.4. The summed E-state index contributed by atoms with van der Waals surface area (Å²) in [5.41, 5.74) is 8.59. The lowest BCUT2D eigenvalue weighted by molar-refractivity contribution is -0.116. The number of nitrogens with zero attached hydrogens (tertiary/aromatic N) is 6. The molecule has 0 unspecified atom stereocenters. The Morgan fingerprint density at radius 1 is 1.24 bits per heavy atom. The van der Waals surface area contributed by atoms with Gasteiger partial charge in [0.1, 0.15) is 18.1 Å². The molecule has 0 spiro atoms. The SMILES string of the molecule is CCn1nc(C)cc1NC(=O)Cn1cnc2c(Nc3ccc(OC4CC4)cc3)nc(N)nc21. The highest BCUT2D eigenvalue weighted by atomic mass is 16.5. The van der Waals surface area contributed by atoms with Crippen molar-refractivity contribution >= 4 is 40.3 Å². The Balaban J connectivity index is 1.34. The number of anilines is 4. The van der Waals surface area contributed by atoms with Crippen molar-refractivity contribution < 1.29 is 9.53 Å². The van der Waals surface area contributed by atoms with Crippen LogP contribution in [0.5, 0.6) is 5.75 Å². The van der Waals surface area contributed by atoms with Gasteiger partial charge in [-0.2, -0.15) is 15.1 Å². The molecular formula is C22H25N9O2. The standard InChI is InChI=1S/C22H25N9O2/c1-3-31-17(10-13(2)29-31)26-18(32)11-30-12-24-19-20(27-22(23)28-21(19)30)25-14-4-6-15(7-5-14)33-16-8-9-16/h4-7,10,12,16H,3,8-9,11H2,1-2H3,(H,26,32)(H3,23,25,27,28). The Kier molecular flexibility index (Phi) is 5.29. The van der Waals surface area contributed by atoms with Crippen LogP contribution in [0.2, 0.25) is 0 Å². The van der Waals surface area contributed by atoms with E-state index in [0.717, 1.165) is 30.0 Å². The van der Waals surface area contributed by atoms with E-state index < -0.39 is 0 Å². The molecule has 1 fully saturated rings. The predicted octanol–water partition coefficient (Wildman–Crippen LogP) is 2.86. The van der Waals surface area contributed by atoms with Gasteiger partial charge in [0.15, 0.2) is 17.0 Å². The molecule has 11 heteroatoms. The number of rotatable bonds is 8. The Labute approximate surface area is 190 Å². The van der Waals surface area contributed by atoms with E-state index in [1.165, 1.54) is 0 Å². The number of aromatic nitrogens is 6. The van der Waals surface area contributed by atoms with Crippen molar-refractivity contribution in [3.63, 3.8) is 0 Å². The van der Waals surface area contributed by atoms with Crippen molar-refractivity contribution in [2.75, 3.05) is 16.4 Å². The summed E-state index contributed by atoms with van der Waals surface area (Å²) in [7, 11) is 0. The van der Waals surface area contributed by atoms with Gasteiger partial charge in [-0.25, -0.2) is 9.67 Å². The first-order valence-electron chi connectivity index (χ1n) is 10.8. The molecule has 3 heterocycles. The molecule has 4 N–H and O–H groups in total. The number of imidazole rings is 1. The van der Waals surface area contributed by atoms with Crippen LogP contribution in [0.25, 0.3) is 11.2 Å². The maximum absolute atomic E-state index is 12.7. The Bertz CT molecular complexity index is 1310. The van der Waals surface area contributed by atoms with Crippen LogP contribution < -0.4 is 21.1 Å². The van der Waals surface area contributed by atoms with Crippen molar-refractivity contribution in [1.82, 2.24) is 29.3 Å². The highest BCUT2D eigenvalue weighted by molar-refractivity contribution is 5.92. The molecule has 0 aliphatic heterocycles. The molecule has 0 radical (unpaired) electrons. The minimum atomic E-state index is -0.221. The molecular weight excluding hydrogens is 422 g/mol. The van der Waals surface area contributed by atoms with Gasteiger partial charge >= 0.3 is 0 Å². The van der Waals surface area contributed by atoms with Crippen molar-refractivity contribution in [3.8, 4) is 5.75 Å². The maximum Gasteiger partial charge on any atom is 0.245 e. The number of fused-ring (bicyclic) bond motifs is 1. The number of nitrogens with one attached hydrogen (secondary N) is 2. The van der Waals surface area contributed by atoms with E-state index in [9.17, 15) is 4.79 Å². The Morgan fingerprint density at radius 3 is 2.76 bits per heavy atom. The number of benzene rings is 1. The van der Waals surface area contributed by atoms with Gasteiger partial charge in [-0.3, -0.25) is 4.79 Å². The molecule has 1 saturated carbocycles. The monoisotopic (exact) mass is 447 g/mol. The van der Waals surface area contributed by atoms with E-state index in [-0.39, 0.29) is 18.4 Å². The molecule has 1 aliphatic carbocycles. The van der Waals surface area contributed by atoms with Crippen LogP contribution in [0.15, 0.2) is 36.7 Å². The van der Waals surface area contributed by atoms with E-state index in [1.54, 1.807) is 15.6 Å². The lowest BCUT2D eigenvalue weighted by atomic mass is 10.3. The van der Waals surface area contributed by atoms with Gasteiger partial charge in [-0.15, -0.1) is 0 Å². The summed E-state index contributed by atoms with van der Waals surface area (Å²) in [4.78, 5) is 25.7. The minimum absolute atomic E-state index is 0.0214. The van der Waals surface area contributed by atoms with Gasteiger partial charge in [0.25, 0.3) is 0 Å². The Hall–Kier alpha value is -4.15. The van der Waals surface area contributed by atoms with Crippen molar-refractivity contribution in [3.05, 3.63) is 42.4 Å². The number of aryl methyl sites for hydroxylation is 2. The summed E-state index contributed by atoms with van der Waals surface area (Å²) < 4.78 is 9.16. The first-order chi connectivity index (χ1) is 16.0. The van der Waals surface area contributed by atoms with E-state index in [4.69, 9.17) is 10.5 Å². The molecule has 1 aliphatic rings. The maximum atomic E-state index is 12.7. The van der Waals surface area contributed by atoms with E-state index in [0.29, 0.717) is 35.4 Å². The summed E-state index contributed by atoms with van der Waals surface area (Å²) in [6, 6.07) is 9.47. The molecule has 4 aromatic rings. The van der Waals surface area contributed by atoms with E-state index in [1.807, 2.05) is 44.2 Å². The quantitative estimate of drug-likeness (QED) is 0.375. The minimum Gasteiger partial charge on any atom is -0.490 e. The number of nitrogen functional groups attached to an aromatic ring is 1. The van der Waals surface area contributed by atoms with Gasteiger partial charge in [0.2, 0.25) is 11.9 Å². The average Bonchev–Trinajstić information content (AvgIpc) is 3.41. The molecule has 170 valence electrons. The second kappa shape index (κ2) is 8.41. The first kappa shape index (κ1) is 20.7. The fourth-order valence-corrected chi connectivity index (χ4v) is 3.52. The molecule has 0 atom stereocenters. The van der Waals surface area contributed by atoms with Crippen LogP contribution in [0.3, 0.4) is 0 Å². The second-order valence-electron chi connectivity index (χ2n) is 7.98. The second-order valence-corrected chi connectivity index (χ2v) is 7.98. The van der Waals surface area contributed by atoms with Crippen LogP contribution >= 0.6 is 0 Å². The summed E-state index contributed by atoms with van der Waals surface area (Å²) >= 11 is 0. The predicted molar refractivity (Wildman–Crippen MR) is 124 cm³/mol. The highest BCUT2D eigenvalue weighted by Crippen LogP contribution is 2.29. The molecule has 0 saturated heterocycles. The lowest BCUT2D eigenvalue weighted by Crippen LogP contribution is -2.20. The van der Waals surface area contributed by atoms with Gasteiger partial charge in [-0.05, 0) is 51.0 Å². The normalized spacial score (nSPS) is 13.3. The number of carbonyl (C=O) groups is 1. The van der Waals surface area contributed by atoms with Crippen molar-refractivity contribution in [2.24, 2.45) is 0 Å². The van der Waals surface area contributed by atoms with Crippen LogP contribution in [-0.4, -0.2) is 41.3 Å². The molecule has 3 aromatic heterocycles. The highest BCUT2D eigenvalue weighted by Gasteiger charge is 2.23. The van der Waals surface area contributed by atoms with Crippen LogP contribution in [-0.2, 0) is 17.9 Å². The number of amides is 1. The summed E-state index contributed by atoms with van der Waals surface area (Å²) in [5.74, 6) is 1.81. The van der Waals surface area contributed by atoms with Gasteiger partial charge in [-0.1, -0.05) is 0 Å². The van der Waals surface area contributed by atoms with Crippen molar-refractivity contribution in [2.45, 2.75) is 45.9 Å². The lowest BCUT2D eigenvalue weighted by Gasteiger charge is -2.10. The number of carbonyl (C=O) groups excluding carboxylic acids is 1. The smallest absolute Gasteiger partial charge is 0.245 e. The number of nitrogens with two attached hydrogens (primary N) is 1. The van der Waals surface area contributed by atoms with Gasteiger partial charge < -0.3 is 25.7 Å². The molecule has 1 aromatic carbocycles. The fourth-order valence-electron chi connectivity index (χ4n) is 3.52.